The van der Waals surface area contributed by atoms with Crippen LogP contribution in [0.3, 0.4) is 0 Å². The second kappa shape index (κ2) is 7.40. The summed E-state index contributed by atoms with van der Waals surface area (Å²) in [7, 11) is -3.02. The first-order valence-electron chi connectivity index (χ1n) is 8.33. The Morgan fingerprint density at radius 2 is 1.71 bits per heavy atom. The SMILES string of the molecule is CCCNCC1(CN2CCN(S(C)(=O)=O)CC2)CCCC1. The molecule has 0 aromatic heterocycles. The van der Waals surface area contributed by atoms with Crippen LogP contribution in [0.25, 0.3) is 0 Å². The summed E-state index contributed by atoms with van der Waals surface area (Å²) >= 11 is 0. The van der Waals surface area contributed by atoms with Crippen molar-refractivity contribution in [3.8, 4) is 0 Å². The van der Waals surface area contributed by atoms with Crippen molar-refractivity contribution < 1.29 is 8.42 Å². The van der Waals surface area contributed by atoms with E-state index in [4.69, 9.17) is 0 Å². The van der Waals surface area contributed by atoms with Crippen molar-refractivity contribution in [3.63, 3.8) is 0 Å². The fraction of sp³-hybridized carbons (Fsp3) is 1.00. The van der Waals surface area contributed by atoms with Gasteiger partial charge in [0.25, 0.3) is 0 Å². The number of sulfonamides is 1. The molecule has 1 aliphatic heterocycles. The molecule has 0 amide bonds. The van der Waals surface area contributed by atoms with E-state index in [1.807, 2.05) is 0 Å². The normalized spacial score (nSPS) is 24.5. The molecule has 21 heavy (non-hydrogen) atoms. The lowest BCUT2D eigenvalue weighted by molar-refractivity contribution is 0.114. The monoisotopic (exact) mass is 317 g/mol. The highest BCUT2D eigenvalue weighted by Crippen LogP contribution is 2.38. The van der Waals surface area contributed by atoms with Crippen LogP contribution < -0.4 is 5.32 Å². The van der Waals surface area contributed by atoms with Gasteiger partial charge in [0.2, 0.25) is 10.0 Å². The first kappa shape index (κ1) is 17.2. The minimum atomic E-state index is -3.02. The number of hydrogen-bond donors (Lipinski definition) is 1. The summed E-state index contributed by atoms with van der Waals surface area (Å²) in [5.41, 5.74) is 0.419. The van der Waals surface area contributed by atoms with Crippen molar-refractivity contribution in [2.24, 2.45) is 5.41 Å². The summed E-state index contributed by atoms with van der Waals surface area (Å²) in [5.74, 6) is 0. The summed E-state index contributed by atoms with van der Waals surface area (Å²) in [6, 6.07) is 0. The molecule has 1 N–H and O–H groups in total. The lowest BCUT2D eigenvalue weighted by Crippen LogP contribution is -2.52. The van der Waals surface area contributed by atoms with Gasteiger partial charge in [-0.05, 0) is 31.2 Å². The summed E-state index contributed by atoms with van der Waals surface area (Å²) in [5, 5.41) is 3.61. The summed E-state index contributed by atoms with van der Waals surface area (Å²) < 4.78 is 24.8. The first-order valence-corrected chi connectivity index (χ1v) is 10.2. The van der Waals surface area contributed by atoms with Gasteiger partial charge in [0, 0.05) is 39.3 Å². The zero-order valence-electron chi connectivity index (χ0n) is 13.6. The molecule has 1 saturated heterocycles. The zero-order valence-corrected chi connectivity index (χ0v) is 14.4. The third-order valence-electron chi connectivity index (χ3n) is 4.95. The Labute approximate surface area is 130 Å². The van der Waals surface area contributed by atoms with Crippen LogP contribution in [0, 0.1) is 5.41 Å². The van der Waals surface area contributed by atoms with Crippen molar-refractivity contribution in [3.05, 3.63) is 0 Å². The molecule has 2 aliphatic rings. The van der Waals surface area contributed by atoms with E-state index in [1.165, 1.54) is 38.4 Å². The van der Waals surface area contributed by atoms with E-state index in [1.54, 1.807) is 4.31 Å². The molecule has 0 radical (unpaired) electrons. The van der Waals surface area contributed by atoms with Gasteiger partial charge >= 0.3 is 0 Å². The predicted molar refractivity (Wildman–Crippen MR) is 86.9 cm³/mol. The average Bonchev–Trinajstić information content (AvgIpc) is 2.87. The molecule has 0 spiro atoms. The van der Waals surface area contributed by atoms with Crippen LogP contribution in [0.2, 0.25) is 0 Å². The lowest BCUT2D eigenvalue weighted by atomic mass is 9.85. The molecular formula is C15H31N3O2S. The smallest absolute Gasteiger partial charge is 0.211 e. The van der Waals surface area contributed by atoms with Gasteiger partial charge in [-0.1, -0.05) is 19.8 Å². The van der Waals surface area contributed by atoms with Gasteiger partial charge in [-0.3, -0.25) is 0 Å². The third-order valence-corrected chi connectivity index (χ3v) is 6.25. The molecule has 6 heteroatoms. The summed E-state index contributed by atoms with van der Waals surface area (Å²) in [6.07, 6.45) is 7.82. The maximum absolute atomic E-state index is 11.6. The van der Waals surface area contributed by atoms with E-state index in [0.717, 1.165) is 32.7 Å². The number of nitrogens with zero attached hydrogens (tertiary/aromatic N) is 2. The van der Waals surface area contributed by atoms with E-state index >= 15 is 0 Å². The highest BCUT2D eigenvalue weighted by Gasteiger charge is 2.36. The van der Waals surface area contributed by atoms with Gasteiger partial charge in [-0.2, -0.15) is 4.31 Å². The highest BCUT2D eigenvalue weighted by molar-refractivity contribution is 7.88. The predicted octanol–water partition coefficient (Wildman–Crippen LogP) is 1.12. The van der Waals surface area contributed by atoms with Gasteiger partial charge in [-0.25, -0.2) is 8.42 Å². The first-order chi connectivity index (χ1) is 9.95. The number of hydrogen-bond acceptors (Lipinski definition) is 4. The van der Waals surface area contributed by atoms with E-state index in [0.29, 0.717) is 18.5 Å². The van der Waals surface area contributed by atoms with Crippen LogP contribution in [0.5, 0.6) is 0 Å². The molecule has 5 nitrogen and oxygen atoms in total. The van der Waals surface area contributed by atoms with Gasteiger partial charge < -0.3 is 10.2 Å². The minimum Gasteiger partial charge on any atom is -0.316 e. The van der Waals surface area contributed by atoms with Gasteiger partial charge in [0.1, 0.15) is 0 Å². The summed E-state index contributed by atoms with van der Waals surface area (Å²) in [6.45, 7) is 8.61. The Balaban J connectivity index is 1.85. The molecule has 1 heterocycles. The van der Waals surface area contributed by atoms with Crippen LogP contribution >= 0.6 is 0 Å². The van der Waals surface area contributed by atoms with Crippen molar-refractivity contribution in [1.82, 2.24) is 14.5 Å². The van der Waals surface area contributed by atoms with Crippen molar-refractivity contribution in [2.45, 2.75) is 39.0 Å². The largest absolute Gasteiger partial charge is 0.316 e. The second-order valence-electron chi connectivity index (χ2n) is 6.82. The average molecular weight is 317 g/mol. The number of piperazine rings is 1. The highest BCUT2D eigenvalue weighted by atomic mass is 32.2. The fourth-order valence-electron chi connectivity index (χ4n) is 3.74. The maximum Gasteiger partial charge on any atom is 0.211 e. The van der Waals surface area contributed by atoms with Crippen LogP contribution in [-0.4, -0.2) is 69.7 Å². The topological polar surface area (TPSA) is 52.6 Å². The second-order valence-corrected chi connectivity index (χ2v) is 8.80. The third kappa shape index (κ3) is 4.91. The van der Waals surface area contributed by atoms with Crippen LogP contribution in [-0.2, 0) is 10.0 Å². The fourth-order valence-corrected chi connectivity index (χ4v) is 4.57. The number of rotatable bonds is 7. The Bertz CT molecular complexity index is 411. The van der Waals surface area contributed by atoms with Crippen LogP contribution in [0.1, 0.15) is 39.0 Å². The van der Waals surface area contributed by atoms with Crippen LogP contribution in [0.15, 0.2) is 0 Å². The molecule has 0 atom stereocenters. The van der Waals surface area contributed by atoms with Crippen molar-refractivity contribution in [1.29, 1.82) is 0 Å². The van der Waals surface area contributed by atoms with E-state index < -0.39 is 10.0 Å². The molecule has 2 rings (SSSR count). The molecule has 124 valence electrons. The van der Waals surface area contributed by atoms with E-state index in [2.05, 4.69) is 17.1 Å². The Hall–Kier alpha value is -0.170. The van der Waals surface area contributed by atoms with Crippen molar-refractivity contribution in [2.75, 3.05) is 52.1 Å². The summed E-state index contributed by atoms with van der Waals surface area (Å²) in [4.78, 5) is 2.47. The van der Waals surface area contributed by atoms with Gasteiger partial charge in [-0.15, -0.1) is 0 Å². The maximum atomic E-state index is 11.6. The van der Waals surface area contributed by atoms with Crippen molar-refractivity contribution >= 4 is 10.0 Å². The van der Waals surface area contributed by atoms with E-state index in [9.17, 15) is 8.42 Å². The standard InChI is InChI=1S/C15H31N3O2S/c1-3-8-16-13-15(6-4-5-7-15)14-17-9-11-18(12-10-17)21(2,19)20/h16H,3-14H2,1-2H3. The minimum absolute atomic E-state index is 0.419. The molecule has 0 aromatic carbocycles. The van der Waals surface area contributed by atoms with Gasteiger partial charge in [0.15, 0.2) is 0 Å². The lowest BCUT2D eigenvalue weighted by Gasteiger charge is -2.39. The van der Waals surface area contributed by atoms with E-state index in [-0.39, 0.29) is 0 Å². The molecule has 0 bridgehead atoms. The molecule has 2 fully saturated rings. The Morgan fingerprint density at radius 1 is 1.10 bits per heavy atom. The zero-order chi connectivity index (χ0) is 15.3. The molecule has 0 unspecified atom stereocenters. The molecule has 1 aliphatic carbocycles. The van der Waals surface area contributed by atoms with Crippen LogP contribution in [0.4, 0.5) is 0 Å². The molecule has 0 aromatic rings. The number of nitrogens with one attached hydrogen (secondary N) is 1. The molecule has 1 saturated carbocycles. The quantitative estimate of drug-likeness (QED) is 0.715. The Kier molecular flexibility index (Phi) is 6.05. The Morgan fingerprint density at radius 3 is 2.24 bits per heavy atom. The van der Waals surface area contributed by atoms with Gasteiger partial charge in [0.05, 0.1) is 6.26 Å². The molecular weight excluding hydrogens is 286 g/mol.